The number of rotatable bonds is 4. The number of carbonyl (C=O) groups excluding carboxylic acids is 2. The van der Waals surface area contributed by atoms with E-state index >= 15 is 0 Å². The summed E-state index contributed by atoms with van der Waals surface area (Å²) in [6.45, 7) is 1.39. The Balaban J connectivity index is 1.55. The molecule has 0 aliphatic carbocycles. The van der Waals surface area contributed by atoms with E-state index in [0.29, 0.717) is 24.5 Å². The fourth-order valence-electron chi connectivity index (χ4n) is 3.00. The molecule has 1 saturated heterocycles. The number of piperidine rings is 1. The molecule has 0 spiro atoms. The van der Waals surface area contributed by atoms with Crippen molar-refractivity contribution in [1.29, 1.82) is 0 Å². The fraction of sp³-hybridized carbons (Fsp3) is 0.353. The molecule has 1 aliphatic rings. The van der Waals surface area contributed by atoms with Crippen LogP contribution in [0.25, 0.3) is 0 Å². The molecule has 2 aromatic rings. The molecule has 126 valence electrons. The van der Waals surface area contributed by atoms with E-state index in [1.54, 1.807) is 18.2 Å². The quantitative estimate of drug-likeness (QED) is 0.888. The minimum absolute atomic E-state index is 0.123. The Labute approximate surface area is 145 Å². The van der Waals surface area contributed by atoms with Crippen molar-refractivity contribution in [2.45, 2.75) is 25.2 Å². The summed E-state index contributed by atoms with van der Waals surface area (Å²) in [5.41, 5.74) is 7.35. The van der Waals surface area contributed by atoms with Crippen LogP contribution < -0.4 is 5.73 Å². The molecule has 1 aromatic carbocycles. The Hall–Kier alpha value is -2.34. The van der Waals surface area contributed by atoms with Crippen LogP contribution in [-0.4, -0.2) is 40.0 Å². The first-order valence-corrected chi connectivity index (χ1v) is 8.28. The maximum absolute atomic E-state index is 12.4. The van der Waals surface area contributed by atoms with Gasteiger partial charge >= 0.3 is 0 Å². The van der Waals surface area contributed by atoms with E-state index in [1.165, 1.54) is 0 Å². The summed E-state index contributed by atoms with van der Waals surface area (Å²) in [5, 5.41) is 7.46. The van der Waals surface area contributed by atoms with E-state index in [4.69, 9.17) is 17.3 Å². The second-order valence-corrected chi connectivity index (χ2v) is 6.47. The lowest BCUT2D eigenvalue weighted by Crippen LogP contribution is -2.38. The number of nitrogens with one attached hydrogen (secondary N) is 1. The summed E-state index contributed by atoms with van der Waals surface area (Å²) in [6.07, 6.45) is 2.07. The van der Waals surface area contributed by atoms with E-state index in [1.807, 2.05) is 17.0 Å². The van der Waals surface area contributed by atoms with Crippen molar-refractivity contribution >= 4 is 23.4 Å². The van der Waals surface area contributed by atoms with Crippen LogP contribution in [0.15, 0.2) is 30.3 Å². The largest absolute Gasteiger partial charge is 0.364 e. The van der Waals surface area contributed by atoms with Crippen molar-refractivity contribution in [2.24, 2.45) is 5.73 Å². The molecule has 0 atom stereocenters. The number of benzene rings is 1. The van der Waals surface area contributed by atoms with Gasteiger partial charge in [-0.1, -0.05) is 23.7 Å². The lowest BCUT2D eigenvalue weighted by atomic mass is 9.93. The van der Waals surface area contributed by atoms with Crippen LogP contribution in [0.4, 0.5) is 0 Å². The highest BCUT2D eigenvalue weighted by Gasteiger charge is 2.25. The number of hydrogen-bond acceptors (Lipinski definition) is 3. The van der Waals surface area contributed by atoms with Gasteiger partial charge in [-0.05, 0) is 36.6 Å². The summed E-state index contributed by atoms with van der Waals surface area (Å²) in [5.74, 6) is -0.142. The molecule has 1 aliphatic heterocycles. The Morgan fingerprint density at radius 2 is 1.92 bits per heavy atom. The van der Waals surface area contributed by atoms with Gasteiger partial charge in [-0.3, -0.25) is 14.7 Å². The minimum atomic E-state index is -0.534. The molecule has 3 N–H and O–H groups in total. The van der Waals surface area contributed by atoms with E-state index in [-0.39, 0.29) is 17.5 Å². The number of halogens is 1. The molecule has 0 radical (unpaired) electrons. The summed E-state index contributed by atoms with van der Waals surface area (Å²) in [7, 11) is 0. The van der Waals surface area contributed by atoms with Gasteiger partial charge in [-0.25, -0.2) is 0 Å². The van der Waals surface area contributed by atoms with Crippen molar-refractivity contribution in [3.8, 4) is 0 Å². The van der Waals surface area contributed by atoms with Crippen LogP contribution in [0.5, 0.6) is 0 Å². The number of aromatic nitrogens is 2. The van der Waals surface area contributed by atoms with Gasteiger partial charge in [0.15, 0.2) is 0 Å². The number of nitrogens with zero attached hydrogens (tertiary/aromatic N) is 2. The third-order valence-electron chi connectivity index (χ3n) is 4.41. The number of primary amides is 1. The summed E-state index contributed by atoms with van der Waals surface area (Å²) >= 11 is 5.86. The molecule has 1 fully saturated rings. The van der Waals surface area contributed by atoms with Crippen LogP contribution in [0.1, 0.15) is 40.5 Å². The Morgan fingerprint density at radius 1 is 1.25 bits per heavy atom. The molecular weight excluding hydrogens is 328 g/mol. The van der Waals surface area contributed by atoms with E-state index in [2.05, 4.69) is 10.2 Å². The molecule has 0 bridgehead atoms. The predicted molar refractivity (Wildman–Crippen MR) is 90.8 cm³/mol. The van der Waals surface area contributed by atoms with Gasteiger partial charge < -0.3 is 10.6 Å². The Bertz CT molecular complexity index is 733. The zero-order chi connectivity index (χ0) is 17.1. The third kappa shape index (κ3) is 3.76. The first kappa shape index (κ1) is 16.5. The first-order chi connectivity index (χ1) is 11.5. The number of carbonyl (C=O) groups is 2. The number of hydrogen-bond donors (Lipinski definition) is 2. The van der Waals surface area contributed by atoms with Gasteiger partial charge in [0.25, 0.3) is 5.91 Å². The zero-order valence-electron chi connectivity index (χ0n) is 13.2. The van der Waals surface area contributed by atoms with Crippen LogP contribution in [0.3, 0.4) is 0 Å². The fourth-order valence-corrected chi connectivity index (χ4v) is 3.13. The second-order valence-electron chi connectivity index (χ2n) is 6.03. The monoisotopic (exact) mass is 346 g/mol. The maximum Gasteiger partial charge on any atom is 0.269 e. The smallest absolute Gasteiger partial charge is 0.269 e. The molecule has 2 amide bonds. The van der Waals surface area contributed by atoms with Gasteiger partial charge in [-0.2, -0.15) is 5.10 Å². The van der Waals surface area contributed by atoms with Gasteiger partial charge in [-0.15, -0.1) is 0 Å². The van der Waals surface area contributed by atoms with Crippen molar-refractivity contribution in [3.05, 3.63) is 52.3 Å². The SMILES string of the molecule is NC(=O)c1cc(C2CCN(C(=O)Cc3ccc(Cl)cc3)CC2)[nH]n1. The van der Waals surface area contributed by atoms with Gasteiger partial charge in [0.2, 0.25) is 5.91 Å². The van der Waals surface area contributed by atoms with Crippen LogP contribution in [-0.2, 0) is 11.2 Å². The number of H-pyrrole nitrogens is 1. The highest BCUT2D eigenvalue weighted by Crippen LogP contribution is 2.27. The summed E-state index contributed by atoms with van der Waals surface area (Å²) < 4.78 is 0. The maximum atomic E-state index is 12.4. The average Bonchev–Trinajstić information content (AvgIpc) is 3.07. The van der Waals surface area contributed by atoms with Crippen molar-refractivity contribution in [1.82, 2.24) is 15.1 Å². The van der Waals surface area contributed by atoms with Crippen LogP contribution >= 0.6 is 11.6 Å². The molecule has 1 aromatic heterocycles. The van der Waals surface area contributed by atoms with Gasteiger partial charge in [0.1, 0.15) is 5.69 Å². The highest BCUT2D eigenvalue weighted by molar-refractivity contribution is 6.30. The molecule has 0 saturated carbocycles. The standard InChI is InChI=1S/C17H19ClN4O2/c18-13-3-1-11(2-4-13)9-16(23)22-7-5-12(6-8-22)14-10-15(17(19)24)21-20-14/h1-4,10,12H,5-9H2,(H2,19,24)(H,20,21). The van der Waals surface area contributed by atoms with E-state index in [9.17, 15) is 9.59 Å². The third-order valence-corrected chi connectivity index (χ3v) is 4.66. The summed E-state index contributed by atoms with van der Waals surface area (Å²) in [6, 6.07) is 9.06. The average molecular weight is 347 g/mol. The molecule has 0 unspecified atom stereocenters. The molecule has 2 heterocycles. The Morgan fingerprint density at radius 3 is 2.50 bits per heavy atom. The van der Waals surface area contributed by atoms with Crippen molar-refractivity contribution in [3.63, 3.8) is 0 Å². The number of amides is 2. The topological polar surface area (TPSA) is 92.1 Å². The first-order valence-electron chi connectivity index (χ1n) is 7.90. The molecule has 3 rings (SSSR count). The van der Waals surface area contributed by atoms with Crippen molar-refractivity contribution < 1.29 is 9.59 Å². The molecule has 6 nitrogen and oxygen atoms in total. The number of likely N-dealkylation sites (tertiary alicyclic amines) is 1. The number of nitrogens with two attached hydrogens (primary N) is 1. The normalized spacial score (nSPS) is 15.5. The second kappa shape index (κ2) is 7.05. The molecule has 24 heavy (non-hydrogen) atoms. The lowest BCUT2D eigenvalue weighted by molar-refractivity contribution is -0.131. The predicted octanol–water partition coefficient (Wildman–Crippen LogP) is 2.11. The lowest BCUT2D eigenvalue weighted by Gasteiger charge is -2.31. The van der Waals surface area contributed by atoms with Crippen LogP contribution in [0.2, 0.25) is 5.02 Å². The number of aromatic amines is 1. The Kier molecular flexibility index (Phi) is 4.85. The molecular formula is C17H19ClN4O2. The minimum Gasteiger partial charge on any atom is -0.364 e. The van der Waals surface area contributed by atoms with E-state index in [0.717, 1.165) is 24.1 Å². The highest BCUT2D eigenvalue weighted by atomic mass is 35.5. The van der Waals surface area contributed by atoms with Crippen LogP contribution in [0, 0.1) is 0 Å². The van der Waals surface area contributed by atoms with Gasteiger partial charge in [0.05, 0.1) is 6.42 Å². The van der Waals surface area contributed by atoms with E-state index < -0.39 is 5.91 Å². The summed E-state index contributed by atoms with van der Waals surface area (Å²) in [4.78, 5) is 25.4. The van der Waals surface area contributed by atoms with Crippen molar-refractivity contribution in [2.75, 3.05) is 13.1 Å². The molecule has 7 heteroatoms. The zero-order valence-corrected chi connectivity index (χ0v) is 13.9. The van der Waals surface area contributed by atoms with Gasteiger partial charge in [0, 0.05) is 29.7 Å².